The molecule has 0 bridgehead atoms. The number of carbonyl (C=O) groups excluding carboxylic acids is 2. The van der Waals surface area contributed by atoms with Gasteiger partial charge < -0.3 is 14.8 Å². The van der Waals surface area contributed by atoms with Crippen LogP contribution in [0.25, 0.3) is 22.3 Å². The van der Waals surface area contributed by atoms with Crippen molar-refractivity contribution in [3.63, 3.8) is 0 Å². The molecule has 0 spiro atoms. The van der Waals surface area contributed by atoms with Gasteiger partial charge in [0.25, 0.3) is 0 Å². The van der Waals surface area contributed by atoms with Crippen LogP contribution >= 0.6 is 0 Å². The summed E-state index contributed by atoms with van der Waals surface area (Å²) in [5.41, 5.74) is 6.21. The van der Waals surface area contributed by atoms with Crippen molar-refractivity contribution in [1.29, 1.82) is 0 Å². The second-order valence-corrected chi connectivity index (χ2v) is 10.9. The molecular weight excluding hydrogens is 426 g/mol. The van der Waals surface area contributed by atoms with Crippen molar-refractivity contribution >= 4 is 28.4 Å². The van der Waals surface area contributed by atoms with E-state index in [9.17, 15) is 9.59 Å². The first-order valence-electron chi connectivity index (χ1n) is 12.0. The van der Waals surface area contributed by atoms with Gasteiger partial charge in [0.1, 0.15) is 11.7 Å². The summed E-state index contributed by atoms with van der Waals surface area (Å²) in [6.45, 7) is 14.3. The van der Waals surface area contributed by atoms with Gasteiger partial charge in [0.05, 0.1) is 5.69 Å². The largest absolute Gasteiger partial charge is 0.353 e. The zero-order chi connectivity index (χ0) is 25.4. The summed E-state index contributed by atoms with van der Waals surface area (Å²) in [7, 11) is 3.43. The van der Waals surface area contributed by atoms with E-state index in [0.29, 0.717) is 0 Å². The monoisotopic (exact) mass is 465 g/mol. The molecule has 3 rings (SSSR count). The lowest BCUT2D eigenvalue weighted by atomic mass is 9.88. The molecule has 0 radical (unpaired) electrons. The Labute approximate surface area is 202 Å². The maximum absolute atomic E-state index is 13.1. The lowest BCUT2D eigenvalue weighted by molar-refractivity contribution is -0.139. The Morgan fingerprint density at radius 1 is 1.06 bits per heavy atom. The van der Waals surface area contributed by atoms with Gasteiger partial charge in [-0.1, -0.05) is 40.7 Å². The number of hydrogen-bond donors (Lipinski definition) is 2. The molecule has 2 heterocycles. The van der Waals surface area contributed by atoms with E-state index in [-0.39, 0.29) is 23.1 Å². The highest BCUT2D eigenvalue weighted by molar-refractivity contribution is 6.00. The van der Waals surface area contributed by atoms with Gasteiger partial charge in [0, 0.05) is 47.9 Å². The van der Waals surface area contributed by atoms with Gasteiger partial charge in [-0.15, -0.1) is 0 Å². The molecule has 7 nitrogen and oxygen atoms in total. The van der Waals surface area contributed by atoms with Crippen LogP contribution in [-0.2, 0) is 16.0 Å². The van der Waals surface area contributed by atoms with Crippen molar-refractivity contribution in [2.45, 2.75) is 67.3 Å². The number of hydrogen-bond acceptors (Lipinski definition) is 3. The van der Waals surface area contributed by atoms with Crippen molar-refractivity contribution < 1.29 is 9.59 Å². The predicted molar refractivity (Wildman–Crippen MR) is 139 cm³/mol. The number of carbonyl (C=O) groups is 2. The minimum Gasteiger partial charge on any atom is -0.353 e. The first-order chi connectivity index (χ1) is 15.8. The molecule has 0 saturated carbocycles. The van der Waals surface area contributed by atoms with Crippen LogP contribution in [0.1, 0.15) is 59.2 Å². The molecular formula is C27H39N5O2. The Kier molecular flexibility index (Phi) is 7.24. The molecule has 7 heteroatoms. The lowest BCUT2D eigenvalue weighted by Crippen LogP contribution is -2.47. The number of benzene rings is 1. The van der Waals surface area contributed by atoms with Gasteiger partial charge in [-0.3, -0.25) is 14.7 Å². The predicted octanol–water partition coefficient (Wildman–Crippen LogP) is 5.31. The van der Waals surface area contributed by atoms with E-state index in [1.165, 1.54) is 10.5 Å². The van der Waals surface area contributed by atoms with Crippen LogP contribution in [0.15, 0.2) is 24.3 Å². The van der Waals surface area contributed by atoms with Crippen LogP contribution in [0, 0.1) is 18.3 Å². The van der Waals surface area contributed by atoms with E-state index >= 15 is 0 Å². The van der Waals surface area contributed by atoms with E-state index < -0.39 is 6.04 Å². The van der Waals surface area contributed by atoms with Gasteiger partial charge >= 0.3 is 0 Å². The molecule has 1 atom stereocenters. The van der Waals surface area contributed by atoms with Crippen LogP contribution in [0.3, 0.4) is 0 Å². The second kappa shape index (κ2) is 9.65. The van der Waals surface area contributed by atoms with Crippen molar-refractivity contribution in [2.75, 3.05) is 19.0 Å². The Morgan fingerprint density at radius 2 is 1.74 bits per heavy atom. The molecule has 0 aliphatic rings. The molecule has 184 valence electrons. The lowest BCUT2D eigenvalue weighted by Gasteiger charge is -2.29. The van der Waals surface area contributed by atoms with E-state index in [1.54, 1.807) is 25.9 Å². The van der Waals surface area contributed by atoms with Gasteiger partial charge in [-0.2, -0.15) is 5.10 Å². The van der Waals surface area contributed by atoms with Crippen molar-refractivity contribution in [2.24, 2.45) is 11.3 Å². The van der Waals surface area contributed by atoms with Crippen molar-refractivity contribution in [1.82, 2.24) is 20.1 Å². The minimum atomic E-state index is -0.549. The number of aromatic amines is 2. The van der Waals surface area contributed by atoms with Gasteiger partial charge in [-0.25, -0.2) is 0 Å². The standard InChI is InChI=1S/C27H39N5O2/c1-16(2)25(33)31(8)18(4)26(34)32(9)20-11-10-19-14-23(28-22(19)15-20)24-21(17(3)29-30-24)12-13-27(5,6)7/h10-11,14-16,18,28H,12-13H2,1-9H3,(H,29,30)/t18-/m0/s1. The third-order valence-corrected chi connectivity index (χ3v) is 6.56. The summed E-state index contributed by atoms with van der Waals surface area (Å²) in [6.07, 6.45) is 2.03. The molecule has 0 aliphatic carbocycles. The number of nitrogens with zero attached hydrogens (tertiary/aromatic N) is 3. The van der Waals surface area contributed by atoms with Crippen LogP contribution < -0.4 is 4.90 Å². The molecule has 3 aromatic rings. The Morgan fingerprint density at radius 3 is 2.35 bits per heavy atom. The van der Waals surface area contributed by atoms with Gasteiger partial charge in [-0.05, 0) is 50.3 Å². The maximum Gasteiger partial charge on any atom is 0.249 e. The number of aryl methyl sites for hydroxylation is 1. The number of H-pyrrole nitrogens is 2. The van der Waals surface area contributed by atoms with Gasteiger partial charge in [0.2, 0.25) is 11.8 Å². The molecule has 2 amide bonds. The van der Waals surface area contributed by atoms with Crippen LogP contribution in [0.5, 0.6) is 0 Å². The number of likely N-dealkylation sites (N-methyl/N-ethyl adjacent to an activating group) is 2. The number of amides is 2. The summed E-state index contributed by atoms with van der Waals surface area (Å²) < 4.78 is 0. The number of anilines is 1. The topological polar surface area (TPSA) is 85.1 Å². The molecule has 34 heavy (non-hydrogen) atoms. The SMILES string of the molecule is Cc1[nH]nc(-c2cc3ccc(N(C)C(=O)[C@H](C)N(C)C(=O)C(C)C)cc3[nH]2)c1CCC(C)(C)C. The maximum atomic E-state index is 13.1. The highest BCUT2D eigenvalue weighted by atomic mass is 16.2. The first kappa shape index (κ1) is 25.5. The Balaban J connectivity index is 1.86. The number of nitrogens with one attached hydrogen (secondary N) is 2. The van der Waals surface area contributed by atoms with Crippen LogP contribution in [-0.4, -0.2) is 52.0 Å². The highest BCUT2D eigenvalue weighted by Gasteiger charge is 2.27. The average molecular weight is 466 g/mol. The number of aromatic nitrogens is 3. The number of fused-ring (bicyclic) bond motifs is 1. The highest BCUT2D eigenvalue weighted by Crippen LogP contribution is 2.31. The molecule has 0 fully saturated rings. The Bertz CT molecular complexity index is 1180. The fourth-order valence-electron chi connectivity index (χ4n) is 4.10. The minimum absolute atomic E-state index is 0.0460. The first-order valence-corrected chi connectivity index (χ1v) is 12.0. The Hall–Kier alpha value is -3.09. The molecule has 0 aliphatic heterocycles. The van der Waals surface area contributed by atoms with E-state index in [0.717, 1.165) is 46.5 Å². The summed E-state index contributed by atoms with van der Waals surface area (Å²) in [4.78, 5) is 32.0. The summed E-state index contributed by atoms with van der Waals surface area (Å²) in [5.74, 6) is -0.330. The summed E-state index contributed by atoms with van der Waals surface area (Å²) in [5, 5.41) is 8.79. The van der Waals surface area contributed by atoms with Gasteiger partial charge in [0.15, 0.2) is 0 Å². The van der Waals surface area contributed by atoms with E-state index in [2.05, 4.69) is 48.9 Å². The number of rotatable bonds is 7. The van der Waals surface area contributed by atoms with Crippen LogP contribution in [0.2, 0.25) is 0 Å². The molecule has 2 N–H and O–H groups in total. The fraction of sp³-hybridized carbons (Fsp3) is 0.519. The van der Waals surface area contributed by atoms with E-state index in [1.807, 2.05) is 32.0 Å². The molecule has 1 aromatic carbocycles. The third-order valence-electron chi connectivity index (χ3n) is 6.56. The zero-order valence-electron chi connectivity index (χ0n) is 22.0. The smallest absolute Gasteiger partial charge is 0.249 e. The third kappa shape index (κ3) is 5.34. The fourth-order valence-corrected chi connectivity index (χ4v) is 4.10. The molecule has 0 unspecified atom stereocenters. The molecule has 2 aromatic heterocycles. The summed E-state index contributed by atoms with van der Waals surface area (Å²) >= 11 is 0. The van der Waals surface area contributed by atoms with E-state index in [4.69, 9.17) is 0 Å². The van der Waals surface area contributed by atoms with Crippen molar-refractivity contribution in [3.8, 4) is 11.4 Å². The summed E-state index contributed by atoms with van der Waals surface area (Å²) in [6, 6.07) is 7.48. The van der Waals surface area contributed by atoms with Crippen molar-refractivity contribution in [3.05, 3.63) is 35.5 Å². The normalized spacial score (nSPS) is 12.9. The average Bonchev–Trinajstić information content (AvgIpc) is 3.36. The molecule has 0 saturated heterocycles. The zero-order valence-corrected chi connectivity index (χ0v) is 22.0. The quantitative estimate of drug-likeness (QED) is 0.496. The van der Waals surface area contributed by atoms with Crippen LogP contribution in [0.4, 0.5) is 5.69 Å². The second-order valence-electron chi connectivity index (χ2n) is 10.9.